The molecule has 1 fully saturated rings. The largest absolute Gasteiger partial charge is 0.489 e. The Balaban J connectivity index is 1.63. The van der Waals surface area contributed by atoms with E-state index in [9.17, 15) is 4.79 Å². The third-order valence-electron chi connectivity index (χ3n) is 3.74. The van der Waals surface area contributed by atoms with Crippen molar-refractivity contribution < 1.29 is 9.53 Å². The number of rotatable bonds is 5. The van der Waals surface area contributed by atoms with Gasteiger partial charge in [0, 0.05) is 17.7 Å². The Labute approximate surface area is 131 Å². The number of carbonyl (C=O) groups excluding carboxylic acids is 1. The van der Waals surface area contributed by atoms with E-state index < -0.39 is 0 Å². The molecular formula is C19H21NO2. The lowest BCUT2D eigenvalue weighted by Gasteiger charge is -2.10. The number of amides is 1. The van der Waals surface area contributed by atoms with E-state index in [0.717, 1.165) is 29.8 Å². The summed E-state index contributed by atoms with van der Waals surface area (Å²) < 4.78 is 5.85. The first-order chi connectivity index (χ1) is 10.6. The minimum Gasteiger partial charge on any atom is -0.489 e. The lowest BCUT2D eigenvalue weighted by molar-refractivity contribution is -0.117. The van der Waals surface area contributed by atoms with Gasteiger partial charge in [-0.25, -0.2) is 0 Å². The van der Waals surface area contributed by atoms with Crippen LogP contribution in [0, 0.1) is 19.8 Å². The summed E-state index contributed by atoms with van der Waals surface area (Å²) in [6.45, 7) is 4.71. The van der Waals surface area contributed by atoms with Crippen molar-refractivity contribution in [2.45, 2.75) is 33.3 Å². The van der Waals surface area contributed by atoms with Crippen molar-refractivity contribution in [2.75, 3.05) is 5.32 Å². The van der Waals surface area contributed by atoms with Crippen LogP contribution in [0.25, 0.3) is 0 Å². The molecule has 0 aromatic heterocycles. The van der Waals surface area contributed by atoms with E-state index in [-0.39, 0.29) is 11.8 Å². The van der Waals surface area contributed by atoms with Crippen LogP contribution in [0.1, 0.15) is 29.5 Å². The van der Waals surface area contributed by atoms with E-state index in [4.69, 9.17) is 4.74 Å². The Morgan fingerprint density at radius 3 is 2.55 bits per heavy atom. The highest BCUT2D eigenvalue weighted by Gasteiger charge is 2.29. The van der Waals surface area contributed by atoms with Crippen LogP contribution in [0.5, 0.6) is 5.75 Å². The number of carbonyl (C=O) groups is 1. The molecule has 0 bridgehead atoms. The van der Waals surface area contributed by atoms with Crippen molar-refractivity contribution in [3.05, 3.63) is 59.2 Å². The highest BCUT2D eigenvalue weighted by atomic mass is 16.5. The maximum absolute atomic E-state index is 11.8. The first kappa shape index (κ1) is 14.6. The number of hydrogen-bond acceptors (Lipinski definition) is 2. The van der Waals surface area contributed by atoms with Crippen LogP contribution in [0.3, 0.4) is 0 Å². The molecule has 3 heteroatoms. The standard InChI is InChI=1S/C19H21NO2/c1-13-8-14(2)10-15(9-13)12-22-18-5-3-4-17(11-18)20-19(21)16-6-7-16/h3-5,8-11,16H,6-7,12H2,1-2H3,(H,20,21). The Bertz CT molecular complexity index is 669. The Morgan fingerprint density at radius 1 is 1.14 bits per heavy atom. The van der Waals surface area contributed by atoms with Gasteiger partial charge >= 0.3 is 0 Å². The molecule has 1 amide bonds. The van der Waals surface area contributed by atoms with Gasteiger partial charge in [-0.15, -0.1) is 0 Å². The van der Waals surface area contributed by atoms with Crippen LogP contribution in [0.2, 0.25) is 0 Å². The van der Waals surface area contributed by atoms with Crippen molar-refractivity contribution in [2.24, 2.45) is 5.92 Å². The van der Waals surface area contributed by atoms with E-state index in [2.05, 4.69) is 37.4 Å². The molecule has 1 aliphatic rings. The van der Waals surface area contributed by atoms with Gasteiger partial charge in [0.25, 0.3) is 0 Å². The molecule has 22 heavy (non-hydrogen) atoms. The second-order valence-electron chi connectivity index (χ2n) is 6.08. The first-order valence-corrected chi connectivity index (χ1v) is 7.71. The number of nitrogens with one attached hydrogen (secondary N) is 1. The third-order valence-corrected chi connectivity index (χ3v) is 3.74. The fourth-order valence-electron chi connectivity index (χ4n) is 2.57. The number of benzene rings is 2. The maximum Gasteiger partial charge on any atom is 0.227 e. The maximum atomic E-state index is 11.8. The van der Waals surface area contributed by atoms with Crippen LogP contribution in [-0.2, 0) is 11.4 Å². The zero-order valence-electron chi connectivity index (χ0n) is 13.1. The average molecular weight is 295 g/mol. The van der Waals surface area contributed by atoms with Gasteiger partial charge in [0.15, 0.2) is 0 Å². The Morgan fingerprint density at radius 2 is 1.86 bits per heavy atom. The van der Waals surface area contributed by atoms with Crippen LogP contribution in [0.4, 0.5) is 5.69 Å². The minimum absolute atomic E-state index is 0.117. The van der Waals surface area contributed by atoms with Crippen molar-refractivity contribution in [1.82, 2.24) is 0 Å². The molecule has 0 spiro atoms. The highest BCUT2D eigenvalue weighted by molar-refractivity contribution is 5.94. The van der Waals surface area contributed by atoms with Gasteiger partial charge in [-0.05, 0) is 44.4 Å². The summed E-state index contributed by atoms with van der Waals surface area (Å²) in [5.74, 6) is 1.10. The average Bonchev–Trinajstić information content (AvgIpc) is 3.29. The fourth-order valence-corrected chi connectivity index (χ4v) is 2.57. The Hall–Kier alpha value is -2.29. The molecular weight excluding hydrogens is 274 g/mol. The summed E-state index contributed by atoms with van der Waals surface area (Å²) in [5, 5.41) is 2.94. The van der Waals surface area contributed by atoms with E-state index in [0.29, 0.717) is 6.61 Å². The molecule has 1 N–H and O–H groups in total. The summed E-state index contributed by atoms with van der Waals surface area (Å²) >= 11 is 0. The number of ether oxygens (including phenoxy) is 1. The summed E-state index contributed by atoms with van der Waals surface area (Å²) in [4.78, 5) is 11.8. The molecule has 0 radical (unpaired) electrons. The molecule has 2 aromatic rings. The van der Waals surface area contributed by atoms with E-state index in [1.807, 2.05) is 24.3 Å². The predicted molar refractivity (Wildman–Crippen MR) is 88.0 cm³/mol. The number of anilines is 1. The second kappa shape index (κ2) is 6.22. The molecule has 0 unspecified atom stereocenters. The normalized spacial score (nSPS) is 13.7. The number of hydrogen-bond donors (Lipinski definition) is 1. The monoisotopic (exact) mass is 295 g/mol. The zero-order chi connectivity index (χ0) is 15.5. The SMILES string of the molecule is Cc1cc(C)cc(COc2cccc(NC(=O)C3CC3)c2)c1. The van der Waals surface area contributed by atoms with Gasteiger partial charge in [-0.3, -0.25) is 4.79 Å². The van der Waals surface area contributed by atoms with Gasteiger partial charge < -0.3 is 10.1 Å². The molecule has 0 heterocycles. The molecule has 0 saturated heterocycles. The van der Waals surface area contributed by atoms with Crippen molar-refractivity contribution in [1.29, 1.82) is 0 Å². The first-order valence-electron chi connectivity index (χ1n) is 7.71. The summed E-state index contributed by atoms with van der Waals surface area (Å²) in [7, 11) is 0. The van der Waals surface area contributed by atoms with Crippen LogP contribution in [0.15, 0.2) is 42.5 Å². The van der Waals surface area contributed by atoms with Crippen LogP contribution in [-0.4, -0.2) is 5.91 Å². The molecule has 1 saturated carbocycles. The molecule has 3 nitrogen and oxygen atoms in total. The van der Waals surface area contributed by atoms with Gasteiger partial charge in [0.05, 0.1) is 0 Å². The summed E-state index contributed by atoms with van der Waals surface area (Å²) in [6.07, 6.45) is 2.02. The van der Waals surface area contributed by atoms with Gasteiger partial charge in [-0.2, -0.15) is 0 Å². The van der Waals surface area contributed by atoms with Crippen LogP contribution >= 0.6 is 0 Å². The van der Waals surface area contributed by atoms with Crippen molar-refractivity contribution in [3.63, 3.8) is 0 Å². The summed E-state index contributed by atoms with van der Waals surface area (Å²) in [5.41, 5.74) is 4.44. The zero-order valence-corrected chi connectivity index (χ0v) is 13.1. The molecule has 0 aliphatic heterocycles. The van der Waals surface area contributed by atoms with Crippen molar-refractivity contribution in [3.8, 4) is 5.75 Å². The summed E-state index contributed by atoms with van der Waals surface area (Å²) in [6, 6.07) is 14.0. The lowest BCUT2D eigenvalue weighted by atomic mass is 10.1. The van der Waals surface area contributed by atoms with Gasteiger partial charge in [0.2, 0.25) is 5.91 Å². The third kappa shape index (κ3) is 3.88. The smallest absolute Gasteiger partial charge is 0.227 e. The van der Waals surface area contributed by atoms with Crippen LogP contribution < -0.4 is 10.1 Å². The fraction of sp³-hybridized carbons (Fsp3) is 0.316. The van der Waals surface area contributed by atoms with Gasteiger partial charge in [-0.1, -0.05) is 35.4 Å². The lowest BCUT2D eigenvalue weighted by Crippen LogP contribution is -2.13. The molecule has 3 rings (SSSR count). The molecule has 2 aromatic carbocycles. The van der Waals surface area contributed by atoms with Gasteiger partial charge in [0.1, 0.15) is 12.4 Å². The van der Waals surface area contributed by atoms with E-state index in [1.165, 1.54) is 11.1 Å². The second-order valence-corrected chi connectivity index (χ2v) is 6.08. The van der Waals surface area contributed by atoms with E-state index >= 15 is 0 Å². The van der Waals surface area contributed by atoms with Crippen molar-refractivity contribution >= 4 is 11.6 Å². The minimum atomic E-state index is 0.117. The molecule has 1 aliphatic carbocycles. The molecule has 0 atom stereocenters. The topological polar surface area (TPSA) is 38.3 Å². The van der Waals surface area contributed by atoms with E-state index in [1.54, 1.807) is 0 Å². The molecule has 114 valence electrons. The number of aryl methyl sites for hydroxylation is 2. The Kier molecular flexibility index (Phi) is 4.14. The predicted octanol–water partition coefficient (Wildman–Crippen LogP) is 4.23. The highest BCUT2D eigenvalue weighted by Crippen LogP contribution is 2.30. The quantitative estimate of drug-likeness (QED) is 0.896.